The molecule has 0 unspecified atom stereocenters. The molecule has 0 atom stereocenters. The summed E-state index contributed by atoms with van der Waals surface area (Å²) in [5, 5.41) is 19.3. The monoisotopic (exact) mass is 255 g/mol. The van der Waals surface area contributed by atoms with Crippen molar-refractivity contribution >= 4 is 10.8 Å². The first-order valence-corrected chi connectivity index (χ1v) is 5.89. The van der Waals surface area contributed by atoms with Gasteiger partial charge in [-0.05, 0) is 29.0 Å². The molecule has 3 rings (SSSR count). The predicted molar refractivity (Wildman–Crippen MR) is 71.7 cm³/mol. The molecule has 2 aromatic carbocycles. The standard InChI is InChI=1S/C14H13N3O2/c1-19-13-5-4-10-6-12(3-2-11(10)7-13)14-8-15-17(9-18)16-14/h2-8,18H,9H2,1H3. The summed E-state index contributed by atoms with van der Waals surface area (Å²) in [5.41, 5.74) is 1.71. The Balaban J connectivity index is 2.06. The fourth-order valence-electron chi connectivity index (χ4n) is 2.01. The minimum atomic E-state index is -0.217. The van der Waals surface area contributed by atoms with Crippen molar-refractivity contribution in [3.63, 3.8) is 0 Å². The first-order valence-electron chi connectivity index (χ1n) is 5.89. The predicted octanol–water partition coefficient (Wildman–Crippen LogP) is 2.06. The molecule has 5 nitrogen and oxygen atoms in total. The zero-order chi connectivity index (χ0) is 13.2. The number of benzene rings is 2. The van der Waals surface area contributed by atoms with Crippen LogP contribution in [0.15, 0.2) is 42.6 Å². The molecular formula is C14H13N3O2. The van der Waals surface area contributed by atoms with Crippen LogP contribution < -0.4 is 4.74 Å². The summed E-state index contributed by atoms with van der Waals surface area (Å²) >= 11 is 0. The lowest BCUT2D eigenvalue weighted by atomic mass is 10.1. The van der Waals surface area contributed by atoms with Crippen LogP contribution in [0.5, 0.6) is 5.75 Å². The van der Waals surface area contributed by atoms with Gasteiger partial charge >= 0.3 is 0 Å². The van der Waals surface area contributed by atoms with E-state index in [4.69, 9.17) is 9.84 Å². The quantitative estimate of drug-likeness (QED) is 0.778. The van der Waals surface area contributed by atoms with E-state index in [2.05, 4.69) is 10.2 Å². The lowest BCUT2D eigenvalue weighted by molar-refractivity contribution is 0.178. The molecule has 0 bridgehead atoms. The molecule has 5 heteroatoms. The van der Waals surface area contributed by atoms with E-state index < -0.39 is 0 Å². The maximum atomic E-state index is 8.95. The minimum Gasteiger partial charge on any atom is -0.497 e. The molecule has 19 heavy (non-hydrogen) atoms. The molecule has 0 aliphatic heterocycles. The maximum absolute atomic E-state index is 8.95. The summed E-state index contributed by atoms with van der Waals surface area (Å²) in [4.78, 5) is 1.24. The highest BCUT2D eigenvalue weighted by Gasteiger charge is 2.05. The van der Waals surface area contributed by atoms with Gasteiger partial charge in [0.1, 0.15) is 11.4 Å². The molecule has 96 valence electrons. The number of ether oxygens (including phenoxy) is 1. The van der Waals surface area contributed by atoms with Crippen LogP contribution in [0.2, 0.25) is 0 Å². The third kappa shape index (κ3) is 2.15. The van der Waals surface area contributed by atoms with Gasteiger partial charge in [0.05, 0.1) is 13.3 Å². The Morgan fingerprint density at radius 2 is 1.95 bits per heavy atom. The molecule has 0 aliphatic carbocycles. The van der Waals surface area contributed by atoms with Crippen LogP contribution in [-0.2, 0) is 6.73 Å². The number of fused-ring (bicyclic) bond motifs is 1. The van der Waals surface area contributed by atoms with Crippen LogP contribution in [0.4, 0.5) is 0 Å². The van der Waals surface area contributed by atoms with E-state index in [1.54, 1.807) is 13.3 Å². The average Bonchev–Trinajstić information content (AvgIpc) is 2.95. The number of aliphatic hydroxyl groups excluding tert-OH is 1. The fourth-order valence-corrected chi connectivity index (χ4v) is 2.01. The second kappa shape index (κ2) is 4.70. The normalized spacial score (nSPS) is 10.8. The summed E-state index contributed by atoms with van der Waals surface area (Å²) in [5.74, 6) is 0.839. The highest BCUT2D eigenvalue weighted by molar-refractivity contribution is 5.87. The molecule has 0 saturated carbocycles. The van der Waals surface area contributed by atoms with Crippen LogP contribution in [0.1, 0.15) is 0 Å². The molecule has 1 N–H and O–H groups in total. The number of hydrogen-bond acceptors (Lipinski definition) is 4. The Kier molecular flexibility index (Phi) is 2.89. The van der Waals surface area contributed by atoms with Crippen molar-refractivity contribution in [3.05, 3.63) is 42.6 Å². The molecule has 0 spiro atoms. The Morgan fingerprint density at radius 1 is 1.16 bits per heavy atom. The van der Waals surface area contributed by atoms with Gasteiger partial charge in [-0.25, -0.2) is 0 Å². The Hall–Kier alpha value is -2.40. The summed E-state index contributed by atoms with van der Waals surface area (Å²) in [6.45, 7) is -0.217. The highest BCUT2D eigenvalue weighted by atomic mass is 16.5. The molecule has 1 aromatic heterocycles. The van der Waals surface area contributed by atoms with Crippen LogP contribution in [0.25, 0.3) is 22.0 Å². The lowest BCUT2D eigenvalue weighted by Crippen LogP contribution is -2.00. The largest absolute Gasteiger partial charge is 0.497 e. The number of rotatable bonds is 3. The number of nitrogens with zero attached hydrogens (tertiary/aromatic N) is 3. The van der Waals surface area contributed by atoms with E-state index in [9.17, 15) is 0 Å². The topological polar surface area (TPSA) is 60.2 Å². The van der Waals surface area contributed by atoms with E-state index in [0.717, 1.165) is 27.8 Å². The second-order valence-corrected chi connectivity index (χ2v) is 4.17. The van der Waals surface area contributed by atoms with Gasteiger partial charge in [-0.15, -0.1) is 0 Å². The summed E-state index contributed by atoms with van der Waals surface area (Å²) in [7, 11) is 1.66. The molecule has 1 heterocycles. The number of methoxy groups -OCH3 is 1. The average molecular weight is 255 g/mol. The van der Waals surface area contributed by atoms with Gasteiger partial charge in [0.25, 0.3) is 0 Å². The highest BCUT2D eigenvalue weighted by Crippen LogP contribution is 2.25. The van der Waals surface area contributed by atoms with Gasteiger partial charge in [-0.3, -0.25) is 0 Å². The van der Waals surface area contributed by atoms with Crippen molar-refractivity contribution in [3.8, 4) is 17.0 Å². The molecule has 3 aromatic rings. The number of hydrogen-bond donors (Lipinski definition) is 1. The molecule has 0 aliphatic rings. The second-order valence-electron chi connectivity index (χ2n) is 4.17. The molecular weight excluding hydrogens is 242 g/mol. The van der Waals surface area contributed by atoms with E-state index in [0.29, 0.717) is 0 Å². The van der Waals surface area contributed by atoms with Crippen molar-refractivity contribution in [2.75, 3.05) is 7.11 Å². The molecule has 0 radical (unpaired) electrons. The van der Waals surface area contributed by atoms with Crippen LogP contribution in [0.3, 0.4) is 0 Å². The van der Waals surface area contributed by atoms with Crippen LogP contribution in [0, 0.1) is 0 Å². The third-order valence-electron chi connectivity index (χ3n) is 3.01. The Bertz CT molecular complexity index is 722. The van der Waals surface area contributed by atoms with Gasteiger partial charge in [0.2, 0.25) is 0 Å². The van der Waals surface area contributed by atoms with Crippen molar-refractivity contribution in [1.82, 2.24) is 15.0 Å². The van der Waals surface area contributed by atoms with E-state index >= 15 is 0 Å². The molecule has 0 fully saturated rings. The van der Waals surface area contributed by atoms with E-state index in [1.165, 1.54) is 4.80 Å². The molecule has 0 amide bonds. The van der Waals surface area contributed by atoms with Crippen LogP contribution >= 0.6 is 0 Å². The van der Waals surface area contributed by atoms with Crippen molar-refractivity contribution in [1.29, 1.82) is 0 Å². The van der Waals surface area contributed by atoms with Crippen molar-refractivity contribution < 1.29 is 9.84 Å². The maximum Gasteiger partial charge on any atom is 0.155 e. The Morgan fingerprint density at radius 3 is 2.68 bits per heavy atom. The zero-order valence-corrected chi connectivity index (χ0v) is 10.4. The first-order chi connectivity index (χ1) is 9.30. The van der Waals surface area contributed by atoms with Gasteiger partial charge in [0.15, 0.2) is 6.73 Å². The smallest absolute Gasteiger partial charge is 0.155 e. The van der Waals surface area contributed by atoms with Gasteiger partial charge < -0.3 is 9.84 Å². The minimum absolute atomic E-state index is 0.217. The number of aromatic nitrogens is 3. The van der Waals surface area contributed by atoms with E-state index in [1.807, 2.05) is 36.4 Å². The summed E-state index contributed by atoms with van der Waals surface area (Å²) in [6.07, 6.45) is 1.64. The first kappa shape index (κ1) is 11.7. The summed E-state index contributed by atoms with van der Waals surface area (Å²) < 4.78 is 5.20. The van der Waals surface area contributed by atoms with Crippen molar-refractivity contribution in [2.45, 2.75) is 6.73 Å². The molecule has 0 saturated heterocycles. The van der Waals surface area contributed by atoms with Gasteiger partial charge in [0, 0.05) is 5.56 Å². The Labute approximate surface area is 110 Å². The third-order valence-corrected chi connectivity index (χ3v) is 3.01. The van der Waals surface area contributed by atoms with Gasteiger partial charge in [-0.2, -0.15) is 15.0 Å². The summed E-state index contributed by atoms with van der Waals surface area (Å²) in [6, 6.07) is 12.0. The fraction of sp³-hybridized carbons (Fsp3) is 0.143. The van der Waals surface area contributed by atoms with E-state index in [-0.39, 0.29) is 6.73 Å². The SMILES string of the molecule is COc1ccc2cc(-c3cnn(CO)n3)ccc2c1. The number of aliphatic hydroxyl groups is 1. The van der Waals surface area contributed by atoms with Crippen LogP contribution in [-0.4, -0.2) is 27.2 Å². The van der Waals surface area contributed by atoms with Gasteiger partial charge in [-0.1, -0.05) is 18.2 Å². The zero-order valence-electron chi connectivity index (χ0n) is 10.4. The van der Waals surface area contributed by atoms with Crippen molar-refractivity contribution in [2.24, 2.45) is 0 Å². The lowest BCUT2D eigenvalue weighted by Gasteiger charge is -2.04.